The number of nitrogens with zero attached hydrogens (tertiary/aromatic N) is 4. The molecule has 3 aromatic rings. The lowest BCUT2D eigenvalue weighted by Crippen LogP contribution is -2.27. The summed E-state index contributed by atoms with van der Waals surface area (Å²) in [6.45, 7) is 8.37. The zero-order valence-electron chi connectivity index (χ0n) is 17.8. The van der Waals surface area contributed by atoms with Gasteiger partial charge in [0.2, 0.25) is 0 Å². The number of rotatable bonds is 10. The molecule has 2 N–H and O–H groups in total. The van der Waals surface area contributed by atoms with Crippen molar-refractivity contribution in [1.82, 2.24) is 25.1 Å². The second-order valence-corrected chi connectivity index (χ2v) is 8.72. The van der Waals surface area contributed by atoms with Crippen LogP contribution in [0.2, 0.25) is 0 Å². The number of nitrogens with one attached hydrogen (secondary N) is 2. The van der Waals surface area contributed by atoms with Gasteiger partial charge in [0.25, 0.3) is 5.91 Å². The molecule has 2 heterocycles. The van der Waals surface area contributed by atoms with Crippen molar-refractivity contribution in [2.75, 3.05) is 32.1 Å². The van der Waals surface area contributed by atoms with Gasteiger partial charge < -0.3 is 15.4 Å². The van der Waals surface area contributed by atoms with Crippen molar-refractivity contribution in [3.8, 4) is 0 Å². The van der Waals surface area contributed by atoms with Crippen LogP contribution < -0.4 is 10.6 Å². The Balaban J connectivity index is 1.74. The summed E-state index contributed by atoms with van der Waals surface area (Å²) in [5.41, 5.74) is 2.46. The van der Waals surface area contributed by atoms with Crippen molar-refractivity contribution in [3.63, 3.8) is 0 Å². The molecule has 9 heteroatoms. The Morgan fingerprint density at radius 3 is 2.83 bits per heavy atom. The van der Waals surface area contributed by atoms with Crippen molar-refractivity contribution in [1.29, 1.82) is 0 Å². The molecule has 0 saturated heterocycles. The molecule has 0 aliphatic rings. The van der Waals surface area contributed by atoms with Gasteiger partial charge in [0.15, 0.2) is 10.8 Å². The normalized spacial score (nSPS) is 11.2. The van der Waals surface area contributed by atoms with E-state index in [1.807, 2.05) is 31.2 Å². The number of carbonyl (C=O) groups is 1. The number of fused-ring (bicyclic) bond motifs is 1. The van der Waals surface area contributed by atoms with E-state index in [1.54, 1.807) is 29.8 Å². The summed E-state index contributed by atoms with van der Waals surface area (Å²) in [4.78, 5) is 21.7. The van der Waals surface area contributed by atoms with Crippen molar-refractivity contribution in [2.24, 2.45) is 0 Å². The SMILES string of the molecule is COCCNc1nc(SC(C)C)nc2c1cnn2CCNC(=O)c1cccc(C)c1. The van der Waals surface area contributed by atoms with Crippen LogP contribution in [0.3, 0.4) is 0 Å². The Morgan fingerprint density at radius 2 is 2.10 bits per heavy atom. The maximum absolute atomic E-state index is 12.4. The first-order chi connectivity index (χ1) is 14.5. The Hall–Kier alpha value is -2.65. The lowest BCUT2D eigenvalue weighted by molar-refractivity contribution is 0.0952. The van der Waals surface area contributed by atoms with Crippen LogP contribution in [0.5, 0.6) is 0 Å². The minimum Gasteiger partial charge on any atom is -0.383 e. The molecule has 2 aromatic heterocycles. The molecule has 0 spiro atoms. The number of thioether (sulfide) groups is 1. The fourth-order valence-electron chi connectivity index (χ4n) is 2.93. The van der Waals surface area contributed by atoms with Gasteiger partial charge in [-0.3, -0.25) is 4.79 Å². The largest absolute Gasteiger partial charge is 0.383 e. The van der Waals surface area contributed by atoms with Crippen LogP contribution in [-0.4, -0.2) is 57.7 Å². The van der Waals surface area contributed by atoms with Crippen molar-refractivity contribution >= 4 is 34.5 Å². The van der Waals surface area contributed by atoms with E-state index in [0.717, 1.165) is 22.4 Å². The number of ether oxygens (including phenoxy) is 1. The third kappa shape index (κ3) is 5.70. The van der Waals surface area contributed by atoms with Gasteiger partial charge in [-0.05, 0) is 19.1 Å². The molecule has 1 aromatic carbocycles. The molecule has 3 rings (SSSR count). The Bertz CT molecular complexity index is 1000. The van der Waals surface area contributed by atoms with E-state index in [9.17, 15) is 4.79 Å². The molecule has 30 heavy (non-hydrogen) atoms. The maximum atomic E-state index is 12.4. The van der Waals surface area contributed by atoms with Gasteiger partial charge in [0, 0.05) is 31.0 Å². The molecule has 1 amide bonds. The highest BCUT2D eigenvalue weighted by molar-refractivity contribution is 7.99. The summed E-state index contributed by atoms with van der Waals surface area (Å²) < 4.78 is 6.93. The summed E-state index contributed by atoms with van der Waals surface area (Å²) in [6.07, 6.45) is 1.76. The van der Waals surface area contributed by atoms with Crippen LogP contribution >= 0.6 is 11.8 Å². The molecule has 0 aliphatic carbocycles. The minimum absolute atomic E-state index is 0.0947. The first-order valence-corrected chi connectivity index (χ1v) is 10.8. The number of benzene rings is 1. The standard InChI is InChI=1S/C21H28N6O2S/c1-14(2)30-21-25-18(22-9-11-29-4)17-13-24-27(19(17)26-21)10-8-23-20(28)16-7-5-6-15(3)12-16/h5-7,12-14H,8-11H2,1-4H3,(H,23,28)(H,22,25,26). The van der Waals surface area contributed by atoms with E-state index in [0.29, 0.717) is 42.2 Å². The second-order valence-electron chi connectivity index (χ2n) is 7.17. The zero-order chi connectivity index (χ0) is 21.5. The molecule has 0 fully saturated rings. The van der Waals surface area contributed by atoms with Gasteiger partial charge in [-0.25, -0.2) is 14.6 Å². The van der Waals surface area contributed by atoms with Gasteiger partial charge in [-0.1, -0.05) is 43.3 Å². The molecule has 0 saturated carbocycles. The van der Waals surface area contributed by atoms with Crippen LogP contribution in [-0.2, 0) is 11.3 Å². The number of aromatic nitrogens is 4. The molecule has 0 unspecified atom stereocenters. The topological polar surface area (TPSA) is 94.0 Å². The maximum Gasteiger partial charge on any atom is 0.251 e. The number of hydrogen-bond donors (Lipinski definition) is 2. The first kappa shape index (κ1) is 22.0. The molecule has 8 nitrogen and oxygen atoms in total. The van der Waals surface area contributed by atoms with Crippen LogP contribution in [0, 0.1) is 6.92 Å². The predicted octanol–water partition coefficient (Wildman–Crippen LogP) is 3.12. The summed E-state index contributed by atoms with van der Waals surface area (Å²) in [7, 11) is 1.67. The third-order valence-electron chi connectivity index (χ3n) is 4.30. The van der Waals surface area contributed by atoms with Crippen LogP contribution in [0.4, 0.5) is 5.82 Å². The van der Waals surface area contributed by atoms with Gasteiger partial charge in [0.05, 0.1) is 24.7 Å². The summed E-state index contributed by atoms with van der Waals surface area (Å²) in [6, 6.07) is 7.54. The van der Waals surface area contributed by atoms with Crippen molar-refractivity contribution in [2.45, 2.75) is 37.7 Å². The number of hydrogen-bond acceptors (Lipinski definition) is 7. The number of amides is 1. The van der Waals surface area contributed by atoms with Crippen LogP contribution in [0.25, 0.3) is 11.0 Å². The van der Waals surface area contributed by atoms with Gasteiger partial charge in [-0.15, -0.1) is 0 Å². The zero-order valence-corrected chi connectivity index (χ0v) is 18.6. The number of anilines is 1. The van der Waals surface area contributed by atoms with Gasteiger partial charge in [-0.2, -0.15) is 5.10 Å². The average molecular weight is 429 g/mol. The molecule has 0 radical (unpaired) electrons. The molecular formula is C21H28N6O2S. The van der Waals surface area contributed by atoms with E-state index in [-0.39, 0.29) is 5.91 Å². The van der Waals surface area contributed by atoms with E-state index in [2.05, 4.69) is 34.6 Å². The predicted molar refractivity (Wildman–Crippen MR) is 120 cm³/mol. The van der Waals surface area contributed by atoms with Crippen LogP contribution in [0.15, 0.2) is 35.6 Å². The van der Waals surface area contributed by atoms with E-state index < -0.39 is 0 Å². The molecule has 0 atom stereocenters. The van der Waals surface area contributed by atoms with Crippen molar-refractivity contribution in [3.05, 3.63) is 41.6 Å². The monoisotopic (exact) mass is 428 g/mol. The lowest BCUT2D eigenvalue weighted by Gasteiger charge is -2.11. The Morgan fingerprint density at radius 1 is 1.27 bits per heavy atom. The fraction of sp³-hybridized carbons (Fsp3) is 0.429. The fourth-order valence-corrected chi connectivity index (χ4v) is 3.64. The number of carbonyl (C=O) groups excluding carboxylic acids is 1. The average Bonchev–Trinajstić information content (AvgIpc) is 3.10. The van der Waals surface area contributed by atoms with E-state index in [4.69, 9.17) is 9.72 Å². The van der Waals surface area contributed by atoms with E-state index in [1.165, 1.54) is 0 Å². The lowest BCUT2D eigenvalue weighted by atomic mass is 10.1. The quantitative estimate of drug-likeness (QED) is 0.291. The number of methoxy groups -OCH3 is 1. The number of aryl methyl sites for hydroxylation is 1. The minimum atomic E-state index is -0.0947. The Labute approximate surface area is 180 Å². The van der Waals surface area contributed by atoms with Gasteiger partial charge in [0.1, 0.15) is 5.82 Å². The van der Waals surface area contributed by atoms with Crippen molar-refractivity contribution < 1.29 is 9.53 Å². The highest BCUT2D eigenvalue weighted by Crippen LogP contribution is 2.26. The molecule has 160 valence electrons. The highest BCUT2D eigenvalue weighted by Gasteiger charge is 2.14. The summed E-state index contributed by atoms with van der Waals surface area (Å²) in [5, 5.41) is 12.6. The summed E-state index contributed by atoms with van der Waals surface area (Å²) in [5.74, 6) is 0.651. The molecule has 0 aliphatic heterocycles. The summed E-state index contributed by atoms with van der Waals surface area (Å²) >= 11 is 1.60. The van der Waals surface area contributed by atoms with Crippen LogP contribution in [0.1, 0.15) is 29.8 Å². The van der Waals surface area contributed by atoms with E-state index >= 15 is 0 Å². The Kier molecular flexibility index (Phi) is 7.64. The smallest absolute Gasteiger partial charge is 0.251 e. The second kappa shape index (κ2) is 10.4. The highest BCUT2D eigenvalue weighted by atomic mass is 32.2. The molecular weight excluding hydrogens is 400 g/mol. The first-order valence-electron chi connectivity index (χ1n) is 9.96. The van der Waals surface area contributed by atoms with Gasteiger partial charge >= 0.3 is 0 Å². The molecule has 0 bridgehead atoms. The third-order valence-corrected chi connectivity index (χ3v) is 5.17.